The number of carbonyl (C=O) groups excluding carboxylic acids is 1. The number of rotatable bonds is 4. The molecule has 1 saturated heterocycles. The Labute approximate surface area is 137 Å². The Morgan fingerprint density at radius 1 is 1.08 bits per heavy atom. The molecule has 0 bridgehead atoms. The molecule has 0 amide bonds. The van der Waals surface area contributed by atoms with Gasteiger partial charge in [0.25, 0.3) is 11.4 Å². The molecule has 9 nitrogen and oxygen atoms in total. The maximum Gasteiger partial charge on any atom is 0.416 e. The van der Waals surface area contributed by atoms with Crippen LogP contribution in [0.5, 0.6) is 0 Å². The predicted octanol–water partition coefficient (Wildman–Crippen LogP) is 1.49. The highest BCUT2D eigenvalue weighted by atomic mass is 19.4. The molecule has 0 aromatic heterocycles. The van der Waals surface area contributed by atoms with Crippen LogP contribution in [-0.2, 0) is 11.0 Å². The van der Waals surface area contributed by atoms with E-state index in [0.29, 0.717) is 0 Å². The van der Waals surface area contributed by atoms with Gasteiger partial charge in [-0.1, -0.05) is 0 Å². The second kappa shape index (κ2) is 6.53. The second-order valence-corrected chi connectivity index (χ2v) is 5.46. The lowest BCUT2D eigenvalue weighted by Crippen LogP contribution is -2.41. The molecule has 12 heteroatoms. The number of alkyl halides is 3. The van der Waals surface area contributed by atoms with E-state index in [0.717, 1.165) is 4.90 Å². The molecular weight excluding hydrogens is 351 g/mol. The number of piperidine rings is 1. The number of carbonyl (C=O) groups is 1. The summed E-state index contributed by atoms with van der Waals surface area (Å²) < 4.78 is 38.6. The average Bonchev–Trinajstić information content (AvgIpc) is 2.52. The zero-order valence-corrected chi connectivity index (χ0v) is 12.5. The molecule has 0 aliphatic carbocycles. The van der Waals surface area contributed by atoms with Crippen molar-refractivity contribution in [3.8, 4) is 0 Å². The van der Waals surface area contributed by atoms with Crippen molar-refractivity contribution in [2.24, 2.45) is 5.92 Å². The first-order chi connectivity index (χ1) is 11.5. The zero-order chi connectivity index (χ0) is 18.9. The molecule has 1 fully saturated rings. The van der Waals surface area contributed by atoms with Gasteiger partial charge in [-0.05, 0) is 12.8 Å². The zero-order valence-electron chi connectivity index (χ0n) is 12.5. The number of benzene rings is 1. The standard InChI is InChI=1S/C13H12F3N3O6/c14-13(15,16)8-5-9(18(22)23)11(10(6-8)19(24)25)17-3-1-7(2-4-17)12(20)21/h5-7H,1-4H2,(H,20,21)/p-1. The average molecular weight is 362 g/mol. The van der Waals surface area contributed by atoms with Gasteiger partial charge in [-0.2, -0.15) is 13.2 Å². The number of anilines is 1. The van der Waals surface area contributed by atoms with Gasteiger partial charge >= 0.3 is 6.18 Å². The Morgan fingerprint density at radius 2 is 1.52 bits per heavy atom. The summed E-state index contributed by atoms with van der Waals surface area (Å²) in [6, 6.07) is 0.486. The van der Waals surface area contributed by atoms with Crippen LogP contribution in [0.15, 0.2) is 12.1 Å². The number of hydrogen-bond acceptors (Lipinski definition) is 7. The Hall–Kier alpha value is -2.92. The van der Waals surface area contributed by atoms with Crippen LogP contribution in [0.3, 0.4) is 0 Å². The summed E-state index contributed by atoms with van der Waals surface area (Å²) in [5.74, 6) is -2.13. The minimum absolute atomic E-state index is 0.0116. The fourth-order valence-electron chi connectivity index (χ4n) is 2.71. The number of aliphatic carboxylic acids is 1. The van der Waals surface area contributed by atoms with Crippen LogP contribution in [0.2, 0.25) is 0 Å². The van der Waals surface area contributed by atoms with Crippen LogP contribution in [0.25, 0.3) is 0 Å². The van der Waals surface area contributed by atoms with Gasteiger partial charge in [0, 0.05) is 37.1 Å². The van der Waals surface area contributed by atoms with Crippen molar-refractivity contribution in [3.63, 3.8) is 0 Å². The number of halogens is 3. The van der Waals surface area contributed by atoms with Gasteiger partial charge in [0.15, 0.2) is 5.69 Å². The predicted molar refractivity (Wildman–Crippen MR) is 74.7 cm³/mol. The first-order valence-corrected chi connectivity index (χ1v) is 7.02. The number of nitrogens with zero attached hydrogens (tertiary/aromatic N) is 3. The summed E-state index contributed by atoms with van der Waals surface area (Å²) in [6.07, 6.45) is -4.97. The Morgan fingerprint density at radius 3 is 1.84 bits per heavy atom. The Bertz CT molecular complexity index is 693. The summed E-state index contributed by atoms with van der Waals surface area (Å²) in [5, 5.41) is 33.2. The third-order valence-corrected chi connectivity index (χ3v) is 3.93. The summed E-state index contributed by atoms with van der Waals surface area (Å²) in [4.78, 5) is 32.1. The van der Waals surface area contributed by atoms with Crippen molar-refractivity contribution < 1.29 is 32.9 Å². The highest BCUT2D eigenvalue weighted by Gasteiger charge is 2.39. The van der Waals surface area contributed by atoms with Crippen molar-refractivity contribution >= 4 is 23.0 Å². The highest BCUT2D eigenvalue weighted by molar-refractivity contribution is 5.77. The maximum atomic E-state index is 12.9. The number of nitro groups is 2. The number of carboxylic acid groups (broad SMARTS) is 1. The van der Waals surface area contributed by atoms with Crippen molar-refractivity contribution in [1.29, 1.82) is 0 Å². The summed E-state index contributed by atoms with van der Waals surface area (Å²) >= 11 is 0. The largest absolute Gasteiger partial charge is 0.550 e. The van der Waals surface area contributed by atoms with E-state index in [2.05, 4.69) is 0 Å². The lowest BCUT2D eigenvalue weighted by atomic mass is 9.96. The molecule has 0 saturated carbocycles. The molecule has 25 heavy (non-hydrogen) atoms. The van der Waals surface area contributed by atoms with E-state index >= 15 is 0 Å². The number of carboxylic acids is 1. The molecule has 0 N–H and O–H groups in total. The molecule has 1 aromatic rings. The van der Waals surface area contributed by atoms with Gasteiger partial charge in [-0.25, -0.2) is 0 Å². The first-order valence-electron chi connectivity index (χ1n) is 7.02. The third kappa shape index (κ3) is 3.78. The van der Waals surface area contributed by atoms with E-state index in [-0.39, 0.29) is 38.1 Å². The molecular formula is C13H11F3N3O6-. The van der Waals surface area contributed by atoms with Crippen LogP contribution < -0.4 is 10.0 Å². The van der Waals surface area contributed by atoms with E-state index in [1.807, 2.05) is 0 Å². The lowest BCUT2D eigenvalue weighted by molar-refractivity contribution is -0.393. The van der Waals surface area contributed by atoms with E-state index in [9.17, 15) is 43.3 Å². The molecule has 0 spiro atoms. The molecule has 2 rings (SSSR count). The van der Waals surface area contributed by atoms with Crippen molar-refractivity contribution in [2.75, 3.05) is 18.0 Å². The minimum atomic E-state index is -4.99. The van der Waals surface area contributed by atoms with E-state index in [1.54, 1.807) is 0 Å². The quantitative estimate of drug-likeness (QED) is 0.586. The van der Waals surface area contributed by atoms with Gasteiger partial charge in [-0.15, -0.1) is 0 Å². The van der Waals surface area contributed by atoms with Crippen LogP contribution in [-0.4, -0.2) is 28.9 Å². The molecule has 1 heterocycles. The number of hydrogen-bond donors (Lipinski definition) is 0. The maximum absolute atomic E-state index is 12.9. The summed E-state index contributed by atoms with van der Waals surface area (Å²) in [7, 11) is 0. The SMILES string of the molecule is O=C([O-])C1CCN(c2c([N+](=O)[O-])cc(C(F)(F)F)cc2[N+](=O)[O-])CC1. The van der Waals surface area contributed by atoms with Gasteiger partial charge in [-0.3, -0.25) is 20.2 Å². The van der Waals surface area contributed by atoms with Gasteiger partial charge < -0.3 is 14.8 Å². The lowest BCUT2D eigenvalue weighted by Gasteiger charge is -2.33. The molecule has 1 aliphatic rings. The second-order valence-electron chi connectivity index (χ2n) is 5.46. The molecule has 0 atom stereocenters. The van der Waals surface area contributed by atoms with Crippen molar-refractivity contribution in [1.82, 2.24) is 0 Å². The fraction of sp³-hybridized carbons (Fsp3) is 0.462. The summed E-state index contributed by atoms with van der Waals surface area (Å²) in [5.41, 5.74) is -4.15. The molecule has 136 valence electrons. The smallest absolute Gasteiger partial charge is 0.416 e. The van der Waals surface area contributed by atoms with E-state index in [4.69, 9.17) is 0 Å². The highest BCUT2D eigenvalue weighted by Crippen LogP contribution is 2.44. The van der Waals surface area contributed by atoms with Crippen LogP contribution in [0.1, 0.15) is 18.4 Å². The topological polar surface area (TPSA) is 130 Å². The summed E-state index contributed by atoms with van der Waals surface area (Å²) in [6.45, 7) is -0.183. The van der Waals surface area contributed by atoms with Gasteiger partial charge in [0.05, 0.1) is 15.4 Å². The third-order valence-electron chi connectivity index (χ3n) is 3.93. The molecule has 1 aromatic carbocycles. The molecule has 0 unspecified atom stereocenters. The van der Waals surface area contributed by atoms with Crippen molar-refractivity contribution in [3.05, 3.63) is 37.9 Å². The monoisotopic (exact) mass is 362 g/mol. The molecule has 0 radical (unpaired) electrons. The fourth-order valence-corrected chi connectivity index (χ4v) is 2.71. The van der Waals surface area contributed by atoms with Crippen LogP contribution in [0.4, 0.5) is 30.2 Å². The Balaban J connectivity index is 2.54. The molecule has 1 aliphatic heterocycles. The Kier molecular flexibility index (Phi) is 4.81. The minimum Gasteiger partial charge on any atom is -0.550 e. The van der Waals surface area contributed by atoms with Gasteiger partial charge in [0.1, 0.15) is 0 Å². The first kappa shape index (κ1) is 18.4. The van der Waals surface area contributed by atoms with Gasteiger partial charge in [0.2, 0.25) is 0 Å². The van der Waals surface area contributed by atoms with E-state index < -0.39 is 50.5 Å². The van der Waals surface area contributed by atoms with Crippen LogP contribution >= 0.6 is 0 Å². The number of nitro benzene ring substituents is 2. The van der Waals surface area contributed by atoms with Crippen LogP contribution in [0, 0.1) is 26.1 Å². The normalized spacial score (nSPS) is 15.9. The van der Waals surface area contributed by atoms with Crippen molar-refractivity contribution in [2.45, 2.75) is 19.0 Å². The van der Waals surface area contributed by atoms with E-state index in [1.165, 1.54) is 0 Å².